The first-order valence-corrected chi connectivity index (χ1v) is 8.81. The Morgan fingerprint density at radius 2 is 1.78 bits per heavy atom. The Morgan fingerprint density at radius 1 is 1.19 bits per heavy atom. The van der Waals surface area contributed by atoms with Crippen molar-refractivity contribution in [3.05, 3.63) is 35.0 Å². The highest BCUT2D eigenvalue weighted by Crippen LogP contribution is 2.14. The highest BCUT2D eigenvalue weighted by Gasteiger charge is 2.28. The Morgan fingerprint density at radius 3 is 2.30 bits per heavy atom. The Labute approximate surface area is 156 Å². The van der Waals surface area contributed by atoms with Gasteiger partial charge in [0.05, 0.1) is 25.8 Å². The van der Waals surface area contributed by atoms with E-state index in [4.69, 9.17) is 9.47 Å². The summed E-state index contributed by atoms with van der Waals surface area (Å²) >= 11 is 0. The van der Waals surface area contributed by atoms with Crippen LogP contribution in [-0.2, 0) is 25.6 Å². The number of rotatable bonds is 2. The van der Waals surface area contributed by atoms with Gasteiger partial charge in [-0.05, 0) is 20.8 Å². The lowest BCUT2D eigenvalue weighted by Crippen LogP contribution is -2.50. The molecule has 0 saturated carbocycles. The molecule has 1 aliphatic rings. The molecule has 1 saturated heterocycles. The molecule has 1 amide bonds. The van der Waals surface area contributed by atoms with E-state index in [1.165, 1.54) is 0 Å². The smallest absolute Gasteiger partial charge is 0.410 e. The second-order valence-electron chi connectivity index (χ2n) is 7.48. The number of morpholine rings is 1. The van der Waals surface area contributed by atoms with Gasteiger partial charge in [0, 0.05) is 17.3 Å². The molecule has 1 aromatic carbocycles. The molecule has 2 heterocycles. The standard InChI is InChI=1S/C20H22N2O5/c1-20(2,3)27-19(25)21-8-9-26-14(10-21)11-22-17(12-23)15-6-4-5-7-16(15)18(22)13-24/h4-7,14H,8-11H2,1-3H3/t14-/m1/s1. The summed E-state index contributed by atoms with van der Waals surface area (Å²) < 4.78 is 12.7. The van der Waals surface area contributed by atoms with E-state index in [1.807, 2.05) is 32.7 Å². The number of aromatic nitrogens is 1. The molecule has 1 atom stereocenters. The van der Waals surface area contributed by atoms with E-state index in [-0.39, 0.29) is 23.3 Å². The van der Waals surface area contributed by atoms with Gasteiger partial charge >= 0.3 is 6.09 Å². The summed E-state index contributed by atoms with van der Waals surface area (Å²) in [5.41, 5.74) is -0.581. The van der Waals surface area contributed by atoms with Crippen molar-refractivity contribution in [1.29, 1.82) is 0 Å². The maximum absolute atomic E-state index is 12.3. The van der Waals surface area contributed by atoms with E-state index in [0.29, 0.717) is 30.5 Å². The molecule has 1 aromatic heterocycles. The van der Waals surface area contributed by atoms with Crippen molar-refractivity contribution in [2.24, 2.45) is 0 Å². The fraction of sp³-hybridized carbons (Fsp3) is 0.450. The predicted octanol–water partition coefficient (Wildman–Crippen LogP) is 0.284. The van der Waals surface area contributed by atoms with E-state index >= 15 is 0 Å². The van der Waals surface area contributed by atoms with E-state index in [2.05, 4.69) is 0 Å². The first-order chi connectivity index (χ1) is 12.8. The van der Waals surface area contributed by atoms with Crippen LogP contribution in [0.2, 0.25) is 0 Å². The van der Waals surface area contributed by atoms with Crippen LogP contribution in [0.3, 0.4) is 0 Å². The fourth-order valence-corrected chi connectivity index (χ4v) is 3.23. The minimum Gasteiger partial charge on any atom is -0.444 e. The molecule has 3 rings (SSSR count). The second-order valence-corrected chi connectivity index (χ2v) is 7.48. The molecule has 0 bridgehead atoms. The summed E-state index contributed by atoms with van der Waals surface area (Å²) in [5.74, 6) is 3.84. The first kappa shape index (κ1) is 18.9. The quantitative estimate of drug-likeness (QED) is 0.759. The first-order valence-electron chi connectivity index (χ1n) is 8.81. The van der Waals surface area contributed by atoms with Gasteiger partial charge in [-0.25, -0.2) is 14.4 Å². The number of carbonyl (C=O) groups is 1. The van der Waals surface area contributed by atoms with Crippen LogP contribution in [0.15, 0.2) is 24.3 Å². The van der Waals surface area contributed by atoms with Gasteiger partial charge in [-0.2, -0.15) is 0 Å². The van der Waals surface area contributed by atoms with Crippen molar-refractivity contribution < 1.29 is 23.9 Å². The van der Waals surface area contributed by atoms with Crippen molar-refractivity contribution in [3.63, 3.8) is 0 Å². The Bertz CT molecular complexity index is 966. The molecule has 7 nitrogen and oxygen atoms in total. The summed E-state index contributed by atoms with van der Waals surface area (Å²) in [6.07, 6.45) is -0.787. The highest BCUT2D eigenvalue weighted by atomic mass is 16.6. The van der Waals surface area contributed by atoms with E-state index in [0.717, 1.165) is 0 Å². The van der Waals surface area contributed by atoms with Crippen molar-refractivity contribution in [3.8, 4) is 0 Å². The molecule has 0 N–H and O–H groups in total. The molecule has 0 spiro atoms. The Kier molecular flexibility index (Phi) is 5.19. The molecule has 0 radical (unpaired) electrons. The average molecular weight is 370 g/mol. The monoisotopic (exact) mass is 370 g/mol. The van der Waals surface area contributed by atoms with Gasteiger partial charge in [-0.1, -0.05) is 24.3 Å². The number of nitrogens with zero attached hydrogens (tertiary/aromatic N) is 2. The maximum atomic E-state index is 12.3. The van der Waals surface area contributed by atoms with Crippen LogP contribution in [0.4, 0.5) is 4.79 Å². The van der Waals surface area contributed by atoms with Crippen molar-refractivity contribution in [1.82, 2.24) is 9.47 Å². The minimum atomic E-state index is -0.581. The number of carbonyl (C=O) groups excluding carboxylic acids is 3. The van der Waals surface area contributed by atoms with Crippen LogP contribution < -0.4 is 10.7 Å². The summed E-state index contributed by atoms with van der Waals surface area (Å²) in [7, 11) is 0. The summed E-state index contributed by atoms with van der Waals surface area (Å²) in [5, 5.41) is 1.85. The summed E-state index contributed by atoms with van der Waals surface area (Å²) in [6, 6.07) is 7.12. The number of fused-ring (bicyclic) bond motifs is 1. The molecular weight excluding hydrogens is 348 g/mol. The number of ether oxygens (including phenoxy) is 2. The third-order valence-corrected chi connectivity index (χ3v) is 4.35. The minimum absolute atomic E-state index is 0.239. The van der Waals surface area contributed by atoms with Gasteiger partial charge in [0.1, 0.15) is 16.3 Å². The summed E-state index contributed by atoms with van der Waals surface area (Å²) in [6.45, 7) is 6.76. The van der Waals surface area contributed by atoms with Crippen molar-refractivity contribution >= 4 is 28.7 Å². The average Bonchev–Trinajstić information content (AvgIpc) is 2.92. The molecule has 2 aromatic rings. The predicted molar refractivity (Wildman–Crippen MR) is 98.3 cm³/mol. The number of benzene rings is 1. The molecule has 7 heteroatoms. The van der Waals surface area contributed by atoms with Gasteiger partial charge in [0.2, 0.25) is 0 Å². The molecule has 142 valence electrons. The van der Waals surface area contributed by atoms with Crippen LogP contribution in [0.1, 0.15) is 20.8 Å². The van der Waals surface area contributed by atoms with Gasteiger partial charge < -0.3 is 18.9 Å². The normalized spacial score (nSPS) is 17.4. The second kappa shape index (κ2) is 7.41. The SMILES string of the molecule is CC(C)(C)OC(=O)N1CCO[C@@H](Cn2c(=C=O)c3ccccc3c2=C=O)C1. The van der Waals surface area contributed by atoms with Crippen LogP contribution >= 0.6 is 0 Å². The van der Waals surface area contributed by atoms with Gasteiger partial charge in [0.25, 0.3) is 0 Å². The molecule has 1 fully saturated rings. The van der Waals surface area contributed by atoms with Crippen LogP contribution in [-0.4, -0.2) is 58.8 Å². The lowest BCUT2D eigenvalue weighted by Gasteiger charge is -2.34. The zero-order valence-electron chi connectivity index (χ0n) is 15.7. The largest absolute Gasteiger partial charge is 0.444 e. The van der Waals surface area contributed by atoms with Gasteiger partial charge in [-0.15, -0.1) is 0 Å². The molecule has 0 unspecified atom stereocenters. The zero-order valence-corrected chi connectivity index (χ0v) is 15.7. The molecule has 1 aliphatic heterocycles. The van der Waals surface area contributed by atoms with Crippen LogP contribution in [0.5, 0.6) is 0 Å². The molecule has 27 heavy (non-hydrogen) atoms. The van der Waals surface area contributed by atoms with Gasteiger partial charge in [0.15, 0.2) is 11.9 Å². The lowest BCUT2D eigenvalue weighted by atomic mass is 10.2. The Balaban J connectivity index is 1.89. The van der Waals surface area contributed by atoms with Crippen LogP contribution in [0, 0.1) is 0 Å². The van der Waals surface area contributed by atoms with Crippen LogP contribution in [0.25, 0.3) is 10.8 Å². The molecule has 0 aliphatic carbocycles. The van der Waals surface area contributed by atoms with E-state index in [9.17, 15) is 14.4 Å². The Hall–Kier alpha value is -2.85. The third-order valence-electron chi connectivity index (χ3n) is 4.35. The summed E-state index contributed by atoms with van der Waals surface area (Å²) in [4.78, 5) is 37.0. The number of hydrogen-bond donors (Lipinski definition) is 0. The highest BCUT2D eigenvalue weighted by molar-refractivity contribution is 5.88. The van der Waals surface area contributed by atoms with Crippen molar-refractivity contribution in [2.75, 3.05) is 19.7 Å². The zero-order chi connectivity index (χ0) is 19.6. The number of hydrogen-bond acceptors (Lipinski definition) is 5. The lowest BCUT2D eigenvalue weighted by molar-refractivity contribution is -0.0476. The van der Waals surface area contributed by atoms with E-state index < -0.39 is 11.7 Å². The third kappa shape index (κ3) is 3.96. The fourth-order valence-electron chi connectivity index (χ4n) is 3.23. The molecular formula is C20H22N2O5. The van der Waals surface area contributed by atoms with Crippen molar-refractivity contribution in [2.45, 2.75) is 39.0 Å². The maximum Gasteiger partial charge on any atom is 0.410 e. The van der Waals surface area contributed by atoms with Gasteiger partial charge in [-0.3, -0.25) is 0 Å². The topological polar surface area (TPSA) is 77.8 Å². The van der Waals surface area contributed by atoms with E-state index in [1.54, 1.807) is 33.7 Å². The number of amides is 1.